The lowest BCUT2D eigenvalue weighted by atomic mass is 10.3. The van der Waals surface area contributed by atoms with Crippen molar-refractivity contribution in [2.45, 2.75) is 4.90 Å². The molecule has 3 nitrogen and oxygen atoms in total. The van der Waals surface area contributed by atoms with Gasteiger partial charge in [-0.05, 0) is 24.3 Å². The number of hydrogen-bond donors (Lipinski definition) is 1. The van der Waals surface area contributed by atoms with E-state index in [9.17, 15) is 26.0 Å². The van der Waals surface area contributed by atoms with Gasteiger partial charge in [0.1, 0.15) is 33.9 Å². The van der Waals surface area contributed by atoms with Crippen molar-refractivity contribution < 1.29 is 26.0 Å². The third kappa shape index (κ3) is 2.74. The molecule has 0 amide bonds. The zero-order valence-corrected chi connectivity index (χ0v) is 10.5. The van der Waals surface area contributed by atoms with Crippen LogP contribution in [-0.4, -0.2) is 8.42 Å². The maximum Gasteiger partial charge on any atom is 0.265 e. The number of nitrogens with one attached hydrogen (secondary N) is 1. The number of para-hydroxylation sites is 1. The van der Waals surface area contributed by atoms with Crippen molar-refractivity contribution in [2.24, 2.45) is 0 Å². The van der Waals surface area contributed by atoms with Gasteiger partial charge in [-0.25, -0.2) is 26.0 Å². The predicted molar refractivity (Wildman–Crippen MR) is 63.5 cm³/mol. The van der Waals surface area contributed by atoms with E-state index >= 15 is 0 Å². The van der Waals surface area contributed by atoms with Gasteiger partial charge in [0.25, 0.3) is 10.0 Å². The largest absolute Gasteiger partial charge is 0.274 e. The Morgan fingerprint density at radius 1 is 0.850 bits per heavy atom. The molecule has 0 bridgehead atoms. The van der Waals surface area contributed by atoms with Crippen LogP contribution in [0.1, 0.15) is 0 Å². The molecule has 8 heteroatoms. The fourth-order valence-corrected chi connectivity index (χ4v) is 2.61. The summed E-state index contributed by atoms with van der Waals surface area (Å²) in [4.78, 5) is -0.915. The zero-order chi connectivity index (χ0) is 14.9. The molecule has 0 aromatic heterocycles. The highest BCUT2D eigenvalue weighted by molar-refractivity contribution is 7.92. The highest BCUT2D eigenvalue weighted by Crippen LogP contribution is 2.23. The standard InChI is InChI=1S/C12H7F4NO2S/c13-7-4-5-11(10(16)6-7)20(18,19)17-12-8(14)2-1-3-9(12)15/h1-6,17H. The van der Waals surface area contributed by atoms with E-state index in [1.807, 2.05) is 0 Å². The molecule has 0 saturated heterocycles. The van der Waals surface area contributed by atoms with Crippen molar-refractivity contribution >= 4 is 15.7 Å². The van der Waals surface area contributed by atoms with Crippen molar-refractivity contribution in [2.75, 3.05) is 4.72 Å². The van der Waals surface area contributed by atoms with E-state index in [0.717, 1.165) is 24.3 Å². The Morgan fingerprint density at radius 2 is 1.45 bits per heavy atom. The van der Waals surface area contributed by atoms with Gasteiger partial charge in [-0.1, -0.05) is 6.07 Å². The average molecular weight is 305 g/mol. The van der Waals surface area contributed by atoms with Crippen molar-refractivity contribution in [3.63, 3.8) is 0 Å². The summed E-state index contributed by atoms with van der Waals surface area (Å²) in [5, 5.41) is 0. The first-order valence-corrected chi connectivity index (χ1v) is 6.71. The molecule has 20 heavy (non-hydrogen) atoms. The van der Waals surface area contributed by atoms with Gasteiger partial charge < -0.3 is 0 Å². The van der Waals surface area contributed by atoms with Crippen LogP contribution in [-0.2, 0) is 10.0 Å². The van der Waals surface area contributed by atoms with Crippen molar-refractivity contribution in [1.82, 2.24) is 0 Å². The number of benzene rings is 2. The van der Waals surface area contributed by atoms with Crippen molar-refractivity contribution in [1.29, 1.82) is 0 Å². The van der Waals surface area contributed by atoms with E-state index in [4.69, 9.17) is 0 Å². The lowest BCUT2D eigenvalue weighted by Gasteiger charge is -2.10. The molecule has 0 aliphatic carbocycles. The SMILES string of the molecule is O=S(=O)(Nc1c(F)cccc1F)c1ccc(F)cc1F. The molecule has 2 aromatic rings. The molecule has 0 saturated carbocycles. The Morgan fingerprint density at radius 3 is 2.00 bits per heavy atom. The summed E-state index contributed by atoms with van der Waals surface area (Å²) in [6.07, 6.45) is 0. The lowest BCUT2D eigenvalue weighted by Crippen LogP contribution is -2.16. The van der Waals surface area contributed by atoms with E-state index < -0.39 is 43.9 Å². The van der Waals surface area contributed by atoms with E-state index in [1.165, 1.54) is 0 Å². The van der Waals surface area contributed by atoms with Gasteiger partial charge in [0.05, 0.1) is 0 Å². The van der Waals surface area contributed by atoms with Crippen LogP contribution < -0.4 is 4.72 Å². The summed E-state index contributed by atoms with van der Waals surface area (Å²) in [5.74, 6) is -4.65. The first-order chi connectivity index (χ1) is 9.31. The summed E-state index contributed by atoms with van der Waals surface area (Å²) >= 11 is 0. The summed E-state index contributed by atoms with van der Waals surface area (Å²) in [6, 6.07) is 4.44. The maximum absolute atomic E-state index is 13.4. The molecule has 2 aromatic carbocycles. The van der Waals surface area contributed by atoms with Crippen molar-refractivity contribution in [3.8, 4) is 0 Å². The van der Waals surface area contributed by atoms with Crippen LogP contribution in [0.5, 0.6) is 0 Å². The number of halogens is 4. The number of hydrogen-bond acceptors (Lipinski definition) is 2. The summed E-state index contributed by atoms with van der Waals surface area (Å²) in [6.45, 7) is 0. The van der Waals surface area contributed by atoms with Gasteiger partial charge in [0.15, 0.2) is 0 Å². The molecular weight excluding hydrogens is 298 g/mol. The van der Waals surface area contributed by atoms with Crippen LogP contribution in [0.15, 0.2) is 41.3 Å². The fourth-order valence-electron chi connectivity index (χ4n) is 1.48. The third-order valence-electron chi connectivity index (χ3n) is 2.38. The lowest BCUT2D eigenvalue weighted by molar-refractivity contribution is 0.549. The molecular formula is C12H7F4NO2S. The molecule has 0 radical (unpaired) electrons. The van der Waals surface area contributed by atoms with E-state index in [0.29, 0.717) is 12.1 Å². The quantitative estimate of drug-likeness (QED) is 0.886. The number of sulfonamides is 1. The van der Waals surface area contributed by atoms with E-state index in [1.54, 1.807) is 4.72 Å². The van der Waals surface area contributed by atoms with E-state index in [-0.39, 0.29) is 0 Å². The first kappa shape index (κ1) is 14.3. The summed E-state index contributed by atoms with van der Waals surface area (Å²) < 4.78 is 78.1. The molecule has 0 aliphatic rings. The van der Waals surface area contributed by atoms with Gasteiger partial charge in [0.2, 0.25) is 0 Å². The summed E-state index contributed by atoms with van der Waals surface area (Å²) in [5.41, 5.74) is -0.934. The van der Waals surface area contributed by atoms with Gasteiger partial charge in [-0.15, -0.1) is 0 Å². The highest BCUT2D eigenvalue weighted by Gasteiger charge is 2.22. The zero-order valence-electron chi connectivity index (χ0n) is 9.70. The third-order valence-corrected chi connectivity index (χ3v) is 3.77. The van der Waals surface area contributed by atoms with Crippen LogP contribution >= 0.6 is 0 Å². The van der Waals surface area contributed by atoms with Crippen molar-refractivity contribution in [3.05, 3.63) is 59.7 Å². The Kier molecular flexibility index (Phi) is 3.67. The molecule has 0 heterocycles. The predicted octanol–water partition coefficient (Wildman–Crippen LogP) is 3.04. The van der Waals surface area contributed by atoms with Crippen LogP contribution in [0, 0.1) is 23.3 Å². The minimum atomic E-state index is -4.58. The average Bonchev–Trinajstić information content (AvgIpc) is 2.33. The minimum Gasteiger partial charge on any atom is -0.274 e. The first-order valence-electron chi connectivity index (χ1n) is 5.23. The topological polar surface area (TPSA) is 46.2 Å². The van der Waals surface area contributed by atoms with Gasteiger partial charge >= 0.3 is 0 Å². The van der Waals surface area contributed by atoms with E-state index in [2.05, 4.69) is 0 Å². The molecule has 106 valence electrons. The Balaban J connectivity index is 2.46. The molecule has 1 N–H and O–H groups in total. The van der Waals surface area contributed by atoms with Crippen LogP contribution in [0.3, 0.4) is 0 Å². The van der Waals surface area contributed by atoms with Crippen LogP contribution in [0.2, 0.25) is 0 Å². The van der Waals surface area contributed by atoms with Gasteiger partial charge in [-0.2, -0.15) is 0 Å². The fraction of sp³-hybridized carbons (Fsp3) is 0. The second kappa shape index (κ2) is 5.12. The normalized spacial score (nSPS) is 11.4. The molecule has 0 fully saturated rings. The molecule has 2 rings (SSSR count). The monoisotopic (exact) mass is 305 g/mol. The maximum atomic E-state index is 13.4. The van der Waals surface area contributed by atoms with Gasteiger partial charge in [0, 0.05) is 6.07 Å². The molecule has 0 spiro atoms. The second-order valence-corrected chi connectivity index (χ2v) is 5.43. The highest BCUT2D eigenvalue weighted by atomic mass is 32.2. The molecule has 0 unspecified atom stereocenters. The van der Waals surface area contributed by atoms with Gasteiger partial charge in [-0.3, -0.25) is 4.72 Å². The van der Waals surface area contributed by atoms with Crippen LogP contribution in [0.4, 0.5) is 23.2 Å². The van der Waals surface area contributed by atoms with Crippen LogP contribution in [0.25, 0.3) is 0 Å². The smallest absolute Gasteiger partial charge is 0.265 e. The minimum absolute atomic E-state index is 0.353. The number of anilines is 1. The molecule has 0 atom stereocenters. The number of rotatable bonds is 3. The Hall–Kier alpha value is -2.09. The Bertz CT molecular complexity index is 742. The summed E-state index contributed by atoms with van der Waals surface area (Å²) in [7, 11) is -4.58. The second-order valence-electron chi connectivity index (χ2n) is 3.78. The molecule has 0 aliphatic heterocycles. The Labute approximate surface area is 111 Å².